The number of amides is 2. The summed E-state index contributed by atoms with van der Waals surface area (Å²) < 4.78 is 9.77. The fourth-order valence-corrected chi connectivity index (χ4v) is 12.9. The number of nitrogens with zero attached hydrogens (tertiary/aromatic N) is 7. The molecule has 4 N–H and O–H groups in total. The van der Waals surface area contributed by atoms with Crippen LogP contribution in [0.2, 0.25) is 0 Å². The summed E-state index contributed by atoms with van der Waals surface area (Å²) in [6.07, 6.45) is 16.7. The number of hydrogen-bond donors (Lipinski definition) is 3. The predicted molar refractivity (Wildman–Crippen MR) is 244 cm³/mol. The average molecular weight is 841 g/mol. The van der Waals surface area contributed by atoms with Crippen LogP contribution < -0.4 is 21.1 Å². The smallest absolute Gasteiger partial charge is 0.272 e. The average Bonchev–Trinajstić information content (AvgIpc) is 3.84. The third kappa shape index (κ3) is 7.95. The van der Waals surface area contributed by atoms with Crippen molar-refractivity contribution in [2.45, 2.75) is 96.1 Å². The van der Waals surface area contributed by atoms with Gasteiger partial charge in [0.2, 0.25) is 5.91 Å². The molecule has 11 rings (SSSR count). The van der Waals surface area contributed by atoms with E-state index >= 15 is 0 Å². The fourth-order valence-electron chi connectivity index (χ4n) is 12.9. The summed E-state index contributed by atoms with van der Waals surface area (Å²) in [5.74, 6) is 3.95. The fraction of sp³-hybridized carbons (Fsp3) is 0.571. The first-order chi connectivity index (χ1) is 30.1. The van der Waals surface area contributed by atoms with E-state index in [2.05, 4.69) is 37.0 Å². The van der Waals surface area contributed by atoms with Crippen LogP contribution in [-0.2, 0) is 11.8 Å². The van der Waals surface area contributed by atoms with Crippen molar-refractivity contribution in [3.05, 3.63) is 60.6 Å². The number of fused-ring (bicyclic) bond motifs is 2. The second-order valence-electron chi connectivity index (χ2n) is 19.8. The molecular formula is C49H64N10O3. The van der Waals surface area contributed by atoms with Gasteiger partial charge in [0.25, 0.3) is 5.91 Å². The molecule has 3 aromatic heterocycles. The van der Waals surface area contributed by atoms with E-state index in [9.17, 15) is 9.59 Å². The number of aryl methyl sites for hydroxylation is 1. The van der Waals surface area contributed by atoms with E-state index in [1.54, 1.807) is 7.11 Å². The molecule has 0 spiro atoms. The van der Waals surface area contributed by atoms with Crippen molar-refractivity contribution in [3.63, 3.8) is 0 Å². The van der Waals surface area contributed by atoms with Crippen molar-refractivity contribution < 1.29 is 14.3 Å². The molecule has 2 aromatic carbocycles. The van der Waals surface area contributed by atoms with Gasteiger partial charge >= 0.3 is 0 Å². The monoisotopic (exact) mass is 841 g/mol. The van der Waals surface area contributed by atoms with E-state index in [-0.39, 0.29) is 23.8 Å². The highest BCUT2D eigenvalue weighted by Crippen LogP contribution is 2.61. The van der Waals surface area contributed by atoms with E-state index in [1.807, 2.05) is 60.1 Å². The minimum absolute atomic E-state index is 0.101. The van der Waals surface area contributed by atoms with Crippen LogP contribution in [0, 0.1) is 29.1 Å². The predicted octanol–water partition coefficient (Wildman–Crippen LogP) is 7.68. The molecule has 1 unspecified atom stereocenters. The third-order valence-corrected chi connectivity index (χ3v) is 15.8. The highest BCUT2D eigenvalue weighted by molar-refractivity contribution is 6.07. The van der Waals surface area contributed by atoms with E-state index < -0.39 is 0 Å². The van der Waals surface area contributed by atoms with E-state index in [0.717, 1.165) is 117 Å². The van der Waals surface area contributed by atoms with Crippen LogP contribution in [0.5, 0.6) is 5.75 Å². The zero-order valence-corrected chi connectivity index (χ0v) is 36.8. The molecule has 4 bridgehead atoms. The second kappa shape index (κ2) is 16.9. The van der Waals surface area contributed by atoms with E-state index in [4.69, 9.17) is 20.6 Å². The van der Waals surface area contributed by atoms with Crippen LogP contribution in [0.4, 0.5) is 11.5 Å². The summed E-state index contributed by atoms with van der Waals surface area (Å²) in [4.78, 5) is 40.8. The maximum Gasteiger partial charge on any atom is 0.272 e. The van der Waals surface area contributed by atoms with Crippen molar-refractivity contribution in [1.29, 1.82) is 0 Å². The number of rotatable bonds is 13. The Morgan fingerprint density at radius 1 is 0.919 bits per heavy atom. The molecule has 328 valence electrons. The summed E-state index contributed by atoms with van der Waals surface area (Å²) in [6, 6.07) is 16.3. The molecule has 2 amide bonds. The number of ether oxygens (including phenoxy) is 1. The Labute approximate surface area is 365 Å². The summed E-state index contributed by atoms with van der Waals surface area (Å²) in [7, 11) is 3.50. The number of nitrogen functional groups attached to an aromatic ring is 1. The number of para-hydroxylation sites is 1. The lowest BCUT2D eigenvalue weighted by Gasteiger charge is -2.57. The maximum atomic E-state index is 13.5. The highest BCUT2D eigenvalue weighted by Gasteiger charge is 2.50. The van der Waals surface area contributed by atoms with Gasteiger partial charge in [-0.1, -0.05) is 31.2 Å². The number of anilines is 2. The second-order valence-corrected chi connectivity index (χ2v) is 19.8. The number of carbonyl (C=O) groups excluding carboxylic acids is 2. The van der Waals surface area contributed by atoms with Gasteiger partial charge in [-0.05, 0) is 124 Å². The molecule has 5 aromatic rings. The summed E-state index contributed by atoms with van der Waals surface area (Å²) in [5.41, 5.74) is 11.4. The molecule has 5 aliphatic carbocycles. The van der Waals surface area contributed by atoms with Crippen LogP contribution in [0.25, 0.3) is 33.2 Å². The number of benzene rings is 2. The Bertz CT molecular complexity index is 2410. The van der Waals surface area contributed by atoms with Gasteiger partial charge in [-0.3, -0.25) is 19.4 Å². The number of nitrogens with two attached hydrogens (primary N) is 1. The largest absolute Gasteiger partial charge is 0.495 e. The topological polar surface area (TPSA) is 148 Å². The molecule has 0 radical (unpaired) electrons. The van der Waals surface area contributed by atoms with Gasteiger partial charge in [-0.15, -0.1) is 0 Å². The number of aromatic nitrogens is 5. The standard InChI is InChI=1S/C49H64N10O3/c1-31(14-15-49-27-32-22-33(28-49)24-34(23-32)29-49)47(60)51-16-17-57-18-20-58(21-19-57)37-9-11-38(12-10-37)59-46-43(45(50)52-30-53-46)44(55-59)36-8-13-39(42(26-36)62-3)54-48(61)41-25-35-6-4-5-7-40(35)56(41)2/h4-8,13,25-26,30-34,37-38H,9-12,14-24,27-29H2,1-3H3,(H,51,60)(H,54,61)(H2,50,52,53). The zero-order valence-electron chi connectivity index (χ0n) is 36.8. The van der Waals surface area contributed by atoms with E-state index in [1.165, 1.54) is 51.3 Å². The van der Waals surface area contributed by atoms with Crippen molar-refractivity contribution in [2.24, 2.45) is 36.1 Å². The minimum atomic E-state index is -0.221. The first-order valence-electron chi connectivity index (χ1n) is 23.4. The molecular weight excluding hydrogens is 777 g/mol. The SMILES string of the molecule is COc1cc(-c2nn(C3CCC(N4CCN(CCNC(=O)C(C)CCC56CC7CC(CC(C7)C5)C6)CC4)CC3)c3ncnc(N)c23)ccc1NC(=O)c1cc2ccccc2n1C. The van der Waals surface area contributed by atoms with Gasteiger partial charge < -0.3 is 25.7 Å². The number of hydrogen-bond acceptors (Lipinski definition) is 9. The quantitative estimate of drug-likeness (QED) is 0.109. The number of carbonyl (C=O) groups is 2. The number of methoxy groups -OCH3 is 1. The normalized spacial score (nSPS) is 26.9. The lowest BCUT2D eigenvalue weighted by Crippen LogP contribution is -2.52. The molecule has 6 aliphatic rings. The number of nitrogens with one attached hydrogen (secondary N) is 2. The molecule has 1 saturated heterocycles. The van der Waals surface area contributed by atoms with Gasteiger partial charge in [0, 0.05) is 74.7 Å². The van der Waals surface area contributed by atoms with Crippen LogP contribution >= 0.6 is 0 Å². The Hall–Kier alpha value is -5.01. The zero-order chi connectivity index (χ0) is 42.5. The molecule has 6 fully saturated rings. The Balaban J connectivity index is 0.717. The van der Waals surface area contributed by atoms with Crippen molar-refractivity contribution in [2.75, 3.05) is 57.4 Å². The van der Waals surface area contributed by atoms with Crippen LogP contribution in [0.3, 0.4) is 0 Å². The first kappa shape index (κ1) is 41.0. The van der Waals surface area contributed by atoms with Crippen LogP contribution in [-0.4, -0.2) is 98.3 Å². The molecule has 4 heterocycles. The van der Waals surface area contributed by atoms with Gasteiger partial charge in [-0.25, -0.2) is 14.6 Å². The van der Waals surface area contributed by atoms with Gasteiger partial charge in [-0.2, -0.15) is 5.10 Å². The van der Waals surface area contributed by atoms with Gasteiger partial charge in [0.15, 0.2) is 5.65 Å². The van der Waals surface area contributed by atoms with Crippen molar-refractivity contribution in [1.82, 2.24) is 39.4 Å². The van der Waals surface area contributed by atoms with Crippen LogP contribution in [0.15, 0.2) is 54.9 Å². The van der Waals surface area contributed by atoms with Gasteiger partial charge in [0.05, 0.1) is 24.2 Å². The summed E-state index contributed by atoms with van der Waals surface area (Å²) >= 11 is 0. The lowest BCUT2D eigenvalue weighted by molar-refractivity contribution is -0.125. The van der Waals surface area contributed by atoms with Crippen molar-refractivity contribution >= 4 is 45.3 Å². The van der Waals surface area contributed by atoms with Crippen LogP contribution in [0.1, 0.15) is 101 Å². The summed E-state index contributed by atoms with van der Waals surface area (Å²) in [6.45, 7) is 7.99. The van der Waals surface area contributed by atoms with E-state index in [0.29, 0.717) is 40.1 Å². The molecule has 13 heteroatoms. The minimum Gasteiger partial charge on any atom is -0.495 e. The molecule has 13 nitrogen and oxygen atoms in total. The maximum absolute atomic E-state index is 13.5. The Kier molecular flexibility index (Phi) is 11.2. The Morgan fingerprint density at radius 2 is 1.63 bits per heavy atom. The molecule has 1 aliphatic heterocycles. The third-order valence-electron chi connectivity index (χ3n) is 15.8. The number of piperazine rings is 1. The molecule has 62 heavy (non-hydrogen) atoms. The highest BCUT2D eigenvalue weighted by atomic mass is 16.5. The van der Waals surface area contributed by atoms with Crippen molar-refractivity contribution in [3.8, 4) is 17.0 Å². The lowest BCUT2D eigenvalue weighted by atomic mass is 9.48. The molecule has 1 atom stereocenters. The first-order valence-corrected chi connectivity index (χ1v) is 23.4. The Morgan fingerprint density at radius 3 is 2.34 bits per heavy atom. The summed E-state index contributed by atoms with van der Waals surface area (Å²) in [5, 5.41) is 13.3. The molecule has 5 saturated carbocycles. The van der Waals surface area contributed by atoms with Gasteiger partial charge in [0.1, 0.15) is 29.3 Å².